The highest BCUT2D eigenvalue weighted by Gasteiger charge is 2.05. The summed E-state index contributed by atoms with van der Waals surface area (Å²) >= 11 is 0. The van der Waals surface area contributed by atoms with Crippen molar-refractivity contribution in [2.24, 2.45) is 0 Å². The number of benzene rings is 2. The second-order valence-corrected chi connectivity index (χ2v) is 3.87. The van der Waals surface area contributed by atoms with E-state index in [9.17, 15) is 4.79 Å². The molecule has 2 aromatic carbocycles. The van der Waals surface area contributed by atoms with Crippen LogP contribution in [0.15, 0.2) is 48.5 Å². The van der Waals surface area contributed by atoms with Gasteiger partial charge in [0, 0.05) is 11.3 Å². The van der Waals surface area contributed by atoms with E-state index in [4.69, 9.17) is 5.11 Å². The fraction of sp³-hybridized carbons (Fsp3) is 0.0714. The van der Waals surface area contributed by atoms with Crippen molar-refractivity contribution in [1.82, 2.24) is 0 Å². The molecule has 0 aromatic heterocycles. The van der Waals surface area contributed by atoms with Crippen molar-refractivity contribution < 1.29 is 9.90 Å². The monoisotopic (exact) mass is 227 g/mol. The second-order valence-electron chi connectivity index (χ2n) is 3.87. The number of rotatable bonds is 2. The van der Waals surface area contributed by atoms with Crippen LogP contribution in [0.5, 0.6) is 5.75 Å². The molecule has 0 bridgehead atoms. The third kappa shape index (κ3) is 2.84. The van der Waals surface area contributed by atoms with E-state index < -0.39 is 0 Å². The topological polar surface area (TPSA) is 49.3 Å². The van der Waals surface area contributed by atoms with Crippen molar-refractivity contribution in [2.45, 2.75) is 6.92 Å². The van der Waals surface area contributed by atoms with Crippen LogP contribution in [0.3, 0.4) is 0 Å². The molecule has 2 aromatic rings. The number of amides is 1. The summed E-state index contributed by atoms with van der Waals surface area (Å²) in [6.45, 7) is 1.97. The fourth-order valence-corrected chi connectivity index (χ4v) is 1.54. The van der Waals surface area contributed by atoms with E-state index >= 15 is 0 Å². The van der Waals surface area contributed by atoms with Crippen molar-refractivity contribution in [3.05, 3.63) is 59.7 Å². The molecule has 0 aliphatic rings. The molecule has 0 spiro atoms. The molecule has 17 heavy (non-hydrogen) atoms. The van der Waals surface area contributed by atoms with Gasteiger partial charge in [-0.1, -0.05) is 12.1 Å². The van der Waals surface area contributed by atoms with E-state index in [-0.39, 0.29) is 11.7 Å². The van der Waals surface area contributed by atoms with Crippen LogP contribution in [-0.2, 0) is 0 Å². The van der Waals surface area contributed by atoms with Gasteiger partial charge in [0.05, 0.1) is 0 Å². The first-order valence-corrected chi connectivity index (χ1v) is 5.32. The van der Waals surface area contributed by atoms with E-state index in [0.717, 1.165) is 11.3 Å². The summed E-state index contributed by atoms with van der Waals surface area (Å²) in [4.78, 5) is 11.8. The molecule has 0 fully saturated rings. The Morgan fingerprint density at radius 3 is 2.47 bits per heavy atom. The normalized spacial score (nSPS) is 9.94. The van der Waals surface area contributed by atoms with E-state index in [1.54, 1.807) is 12.1 Å². The lowest BCUT2D eigenvalue weighted by Gasteiger charge is -2.05. The van der Waals surface area contributed by atoms with Crippen molar-refractivity contribution in [3.63, 3.8) is 0 Å². The first kappa shape index (κ1) is 11.2. The molecular weight excluding hydrogens is 214 g/mol. The summed E-state index contributed by atoms with van der Waals surface area (Å²) in [5, 5.41) is 11.9. The molecule has 0 unspecified atom stereocenters. The summed E-state index contributed by atoms with van der Waals surface area (Å²) in [6.07, 6.45) is 0. The third-order valence-corrected chi connectivity index (χ3v) is 2.41. The molecule has 0 atom stereocenters. The van der Waals surface area contributed by atoms with Gasteiger partial charge < -0.3 is 10.4 Å². The molecular formula is C14H13NO2. The third-order valence-electron chi connectivity index (χ3n) is 2.41. The van der Waals surface area contributed by atoms with Gasteiger partial charge in [-0.3, -0.25) is 4.79 Å². The largest absolute Gasteiger partial charge is 0.508 e. The van der Waals surface area contributed by atoms with Crippen LogP contribution in [0.2, 0.25) is 0 Å². The summed E-state index contributed by atoms with van der Waals surface area (Å²) in [5.41, 5.74) is 2.38. The van der Waals surface area contributed by atoms with Gasteiger partial charge in [-0.15, -0.1) is 0 Å². The average molecular weight is 227 g/mol. The van der Waals surface area contributed by atoms with Crippen LogP contribution >= 0.6 is 0 Å². The number of carbonyl (C=O) groups excluding carboxylic acids is 1. The van der Waals surface area contributed by atoms with Gasteiger partial charge >= 0.3 is 0 Å². The average Bonchev–Trinajstić information content (AvgIpc) is 2.29. The van der Waals surface area contributed by atoms with Crippen LogP contribution in [0, 0.1) is 6.92 Å². The van der Waals surface area contributed by atoms with E-state index in [0.29, 0.717) is 5.56 Å². The molecule has 0 saturated heterocycles. The van der Waals surface area contributed by atoms with Crippen LogP contribution in [-0.4, -0.2) is 11.0 Å². The second kappa shape index (κ2) is 4.70. The SMILES string of the molecule is Cc1cccc(NC(=O)c2ccc(O)cc2)c1. The Kier molecular flexibility index (Phi) is 3.10. The number of phenolic OH excluding ortho intramolecular Hbond substituents is 1. The molecule has 0 aliphatic heterocycles. The molecule has 1 amide bonds. The van der Waals surface area contributed by atoms with Crippen LogP contribution < -0.4 is 5.32 Å². The molecule has 3 heteroatoms. The van der Waals surface area contributed by atoms with Gasteiger partial charge in [0.25, 0.3) is 5.91 Å². The Labute approximate surface area is 99.7 Å². The summed E-state index contributed by atoms with van der Waals surface area (Å²) < 4.78 is 0. The lowest BCUT2D eigenvalue weighted by molar-refractivity contribution is 0.102. The first-order chi connectivity index (χ1) is 8.15. The Bertz CT molecular complexity index is 532. The molecule has 3 nitrogen and oxygen atoms in total. The molecule has 2 N–H and O–H groups in total. The Balaban J connectivity index is 2.14. The minimum Gasteiger partial charge on any atom is -0.508 e. The minimum atomic E-state index is -0.185. The zero-order chi connectivity index (χ0) is 12.3. The van der Waals surface area contributed by atoms with Crippen molar-refractivity contribution in [3.8, 4) is 5.75 Å². The first-order valence-electron chi connectivity index (χ1n) is 5.32. The minimum absolute atomic E-state index is 0.150. The predicted molar refractivity (Wildman–Crippen MR) is 67.2 cm³/mol. The number of phenols is 1. The molecule has 0 radical (unpaired) electrons. The van der Waals surface area contributed by atoms with Crippen LogP contribution in [0.1, 0.15) is 15.9 Å². The smallest absolute Gasteiger partial charge is 0.255 e. The van der Waals surface area contributed by atoms with Gasteiger partial charge in [0.15, 0.2) is 0 Å². The van der Waals surface area contributed by atoms with Gasteiger partial charge in [-0.05, 0) is 48.9 Å². The predicted octanol–water partition coefficient (Wildman–Crippen LogP) is 2.95. The van der Waals surface area contributed by atoms with Gasteiger partial charge in [-0.25, -0.2) is 0 Å². The standard InChI is InChI=1S/C14H13NO2/c1-10-3-2-4-12(9-10)15-14(17)11-5-7-13(16)8-6-11/h2-9,16H,1H3,(H,15,17). The van der Waals surface area contributed by atoms with Crippen molar-refractivity contribution in [2.75, 3.05) is 5.32 Å². The van der Waals surface area contributed by atoms with Gasteiger partial charge in [0.2, 0.25) is 0 Å². The van der Waals surface area contributed by atoms with Crippen LogP contribution in [0.4, 0.5) is 5.69 Å². The number of nitrogens with one attached hydrogen (secondary N) is 1. The lowest BCUT2D eigenvalue weighted by Crippen LogP contribution is -2.11. The number of aromatic hydroxyl groups is 1. The Morgan fingerprint density at radius 2 is 1.82 bits per heavy atom. The molecule has 0 aliphatic carbocycles. The molecule has 0 saturated carbocycles. The van der Waals surface area contributed by atoms with E-state index in [1.165, 1.54) is 12.1 Å². The number of carbonyl (C=O) groups is 1. The number of hydrogen-bond acceptors (Lipinski definition) is 2. The van der Waals surface area contributed by atoms with Gasteiger partial charge in [-0.2, -0.15) is 0 Å². The maximum Gasteiger partial charge on any atom is 0.255 e. The zero-order valence-electron chi connectivity index (χ0n) is 9.47. The summed E-state index contributed by atoms with van der Waals surface area (Å²) in [5.74, 6) is -0.0345. The molecule has 0 heterocycles. The van der Waals surface area contributed by atoms with Crippen LogP contribution in [0.25, 0.3) is 0 Å². The fourth-order valence-electron chi connectivity index (χ4n) is 1.54. The van der Waals surface area contributed by atoms with Crippen molar-refractivity contribution in [1.29, 1.82) is 0 Å². The number of anilines is 1. The quantitative estimate of drug-likeness (QED) is 0.828. The summed E-state index contributed by atoms with van der Waals surface area (Å²) in [7, 11) is 0. The highest BCUT2D eigenvalue weighted by atomic mass is 16.3. The van der Waals surface area contributed by atoms with Crippen molar-refractivity contribution >= 4 is 11.6 Å². The number of hydrogen-bond donors (Lipinski definition) is 2. The molecule has 86 valence electrons. The maximum absolute atomic E-state index is 11.8. The number of aryl methyl sites for hydroxylation is 1. The maximum atomic E-state index is 11.8. The zero-order valence-corrected chi connectivity index (χ0v) is 9.47. The van der Waals surface area contributed by atoms with E-state index in [2.05, 4.69) is 5.32 Å². The Hall–Kier alpha value is -2.29. The highest BCUT2D eigenvalue weighted by Crippen LogP contribution is 2.13. The van der Waals surface area contributed by atoms with E-state index in [1.807, 2.05) is 31.2 Å². The highest BCUT2D eigenvalue weighted by molar-refractivity contribution is 6.04. The van der Waals surface area contributed by atoms with Gasteiger partial charge in [0.1, 0.15) is 5.75 Å². The summed E-state index contributed by atoms with van der Waals surface area (Å²) in [6, 6.07) is 13.7. The Morgan fingerprint density at radius 1 is 1.12 bits per heavy atom. The lowest BCUT2D eigenvalue weighted by atomic mass is 10.2. The molecule has 2 rings (SSSR count).